The average Bonchev–Trinajstić information content (AvgIpc) is 3.04. The first-order valence-electron chi connectivity index (χ1n) is 7.63. The molecule has 1 unspecified atom stereocenters. The summed E-state index contributed by atoms with van der Waals surface area (Å²) in [6.45, 7) is -0.0469. The third kappa shape index (κ3) is 4.00. The summed E-state index contributed by atoms with van der Waals surface area (Å²) in [6, 6.07) is 3.47. The predicted octanol–water partition coefficient (Wildman–Crippen LogP) is -0.107. The van der Waals surface area contributed by atoms with Crippen molar-refractivity contribution in [3.8, 4) is 11.7 Å². The minimum Gasteiger partial charge on any atom is -0.539 e. The van der Waals surface area contributed by atoms with Crippen LogP contribution in [0.15, 0.2) is 28.8 Å². The first-order chi connectivity index (χ1) is 12.7. The topological polar surface area (TPSA) is 112 Å². The Morgan fingerprint density at radius 3 is 2.59 bits per heavy atom. The van der Waals surface area contributed by atoms with Crippen LogP contribution >= 0.6 is 0 Å². The lowest BCUT2D eigenvalue weighted by Gasteiger charge is -2.16. The van der Waals surface area contributed by atoms with Crippen LogP contribution in [0.5, 0.6) is 11.7 Å². The molecule has 1 aliphatic rings. The normalized spacial score (nSPS) is 17.6. The molecule has 1 aromatic carbocycles. The SMILES string of the molecule is C[n+]1noc([O-])c1CNC1CC(=O)N(c2ccc(OC(F)(F)F)cc2)C1=O. The first kappa shape index (κ1) is 18.6. The highest BCUT2D eigenvalue weighted by atomic mass is 19.4. The van der Waals surface area contributed by atoms with Gasteiger partial charge in [0.05, 0.1) is 30.0 Å². The largest absolute Gasteiger partial charge is 0.573 e. The van der Waals surface area contributed by atoms with Crippen molar-refractivity contribution >= 4 is 17.5 Å². The zero-order valence-corrected chi connectivity index (χ0v) is 13.8. The van der Waals surface area contributed by atoms with Crippen LogP contribution in [0, 0.1) is 0 Å². The number of aryl methyl sites for hydroxylation is 1. The van der Waals surface area contributed by atoms with Crippen LogP contribution in [0.3, 0.4) is 0 Å². The van der Waals surface area contributed by atoms with Gasteiger partial charge in [-0.15, -0.1) is 13.2 Å². The maximum absolute atomic E-state index is 12.5. The number of ether oxygens (including phenoxy) is 1. The number of hydrogen-bond acceptors (Lipinski definition) is 7. The molecule has 1 aliphatic heterocycles. The fourth-order valence-electron chi connectivity index (χ4n) is 2.60. The zero-order chi connectivity index (χ0) is 19.8. The van der Waals surface area contributed by atoms with Crippen LogP contribution in [0.2, 0.25) is 0 Å². The number of nitrogens with one attached hydrogen (secondary N) is 1. The number of anilines is 1. The van der Waals surface area contributed by atoms with Gasteiger partial charge >= 0.3 is 6.36 Å². The fraction of sp³-hybridized carbons (Fsp3) is 0.333. The van der Waals surface area contributed by atoms with Gasteiger partial charge in [0, 0.05) is 0 Å². The van der Waals surface area contributed by atoms with Gasteiger partial charge in [-0.05, 0) is 24.3 Å². The van der Waals surface area contributed by atoms with Crippen molar-refractivity contribution in [3.05, 3.63) is 30.0 Å². The summed E-state index contributed by atoms with van der Waals surface area (Å²) in [5.41, 5.74) is 0.284. The van der Waals surface area contributed by atoms with Crippen LogP contribution in [-0.4, -0.2) is 29.5 Å². The molecular formula is C15H13F3N4O5. The van der Waals surface area contributed by atoms with Gasteiger partial charge < -0.3 is 14.4 Å². The molecule has 2 amide bonds. The van der Waals surface area contributed by atoms with Gasteiger partial charge in [-0.2, -0.15) is 0 Å². The number of carbonyl (C=O) groups excluding carboxylic acids is 2. The van der Waals surface area contributed by atoms with E-state index in [1.165, 1.54) is 23.9 Å². The standard InChI is InChI=1S/C15H13F3N4O5/c1-21-11(14(25)27-20-21)7-19-10-6-12(23)22(13(10)24)8-2-4-9(5-3-8)26-15(16,17)18/h2-5,10,19H,6-7H2,1H3. The Balaban J connectivity index is 1.69. The van der Waals surface area contributed by atoms with Crippen LogP contribution in [0.4, 0.5) is 18.9 Å². The molecule has 2 aromatic rings. The minimum absolute atomic E-state index is 0.0469. The number of rotatable bonds is 5. The third-order valence-corrected chi connectivity index (χ3v) is 3.86. The van der Waals surface area contributed by atoms with Gasteiger partial charge in [0.15, 0.2) is 13.0 Å². The van der Waals surface area contributed by atoms with Gasteiger partial charge in [-0.1, -0.05) is 4.68 Å². The number of amides is 2. The maximum atomic E-state index is 12.5. The van der Waals surface area contributed by atoms with Gasteiger partial charge in [-0.25, -0.2) is 4.90 Å². The second-order valence-corrected chi connectivity index (χ2v) is 5.68. The fourth-order valence-corrected chi connectivity index (χ4v) is 2.60. The van der Waals surface area contributed by atoms with Crippen molar-refractivity contribution in [2.75, 3.05) is 4.90 Å². The van der Waals surface area contributed by atoms with Crippen molar-refractivity contribution in [2.45, 2.75) is 25.4 Å². The summed E-state index contributed by atoms with van der Waals surface area (Å²) in [7, 11) is 1.49. The molecule has 0 radical (unpaired) electrons. The number of carbonyl (C=O) groups is 2. The Morgan fingerprint density at radius 2 is 2.04 bits per heavy atom. The molecule has 27 heavy (non-hydrogen) atoms. The number of aromatic nitrogens is 2. The van der Waals surface area contributed by atoms with E-state index in [4.69, 9.17) is 0 Å². The summed E-state index contributed by atoms with van der Waals surface area (Å²) in [5, 5.41) is 17.7. The molecule has 1 aromatic heterocycles. The van der Waals surface area contributed by atoms with E-state index >= 15 is 0 Å². The van der Waals surface area contributed by atoms with Crippen LogP contribution in [-0.2, 0) is 23.2 Å². The Morgan fingerprint density at radius 1 is 1.37 bits per heavy atom. The maximum Gasteiger partial charge on any atom is 0.573 e. The molecule has 2 heterocycles. The highest BCUT2D eigenvalue weighted by Gasteiger charge is 2.40. The molecule has 0 saturated carbocycles. The van der Waals surface area contributed by atoms with Gasteiger partial charge in [0.25, 0.3) is 5.91 Å². The first-order valence-corrected chi connectivity index (χ1v) is 7.63. The Hall–Kier alpha value is -3.15. The number of nitrogens with zero attached hydrogens (tertiary/aromatic N) is 3. The van der Waals surface area contributed by atoms with E-state index in [9.17, 15) is 27.9 Å². The number of benzene rings is 1. The second kappa shape index (κ2) is 6.87. The number of imide groups is 1. The number of halogens is 3. The average molecular weight is 386 g/mol. The zero-order valence-electron chi connectivity index (χ0n) is 13.8. The van der Waals surface area contributed by atoms with Gasteiger partial charge in [0.2, 0.25) is 11.6 Å². The van der Waals surface area contributed by atoms with Crippen molar-refractivity contribution in [1.82, 2.24) is 10.6 Å². The highest BCUT2D eigenvalue weighted by Crippen LogP contribution is 2.28. The Kier molecular flexibility index (Phi) is 4.74. The Labute approximate surface area is 149 Å². The quantitative estimate of drug-likeness (QED) is 0.564. The van der Waals surface area contributed by atoms with Crippen LogP contribution in [0.25, 0.3) is 0 Å². The van der Waals surface area contributed by atoms with E-state index < -0.39 is 35.9 Å². The predicted molar refractivity (Wildman–Crippen MR) is 78.0 cm³/mol. The van der Waals surface area contributed by atoms with Crippen LogP contribution in [0.1, 0.15) is 12.1 Å². The summed E-state index contributed by atoms with van der Waals surface area (Å²) in [5.74, 6) is -2.25. The molecule has 12 heteroatoms. The van der Waals surface area contributed by atoms with Crippen molar-refractivity contribution in [2.24, 2.45) is 7.05 Å². The molecule has 0 spiro atoms. The molecular weight excluding hydrogens is 373 g/mol. The summed E-state index contributed by atoms with van der Waals surface area (Å²) in [6.07, 6.45) is -5.00. The van der Waals surface area contributed by atoms with Crippen molar-refractivity contribution in [3.63, 3.8) is 0 Å². The van der Waals surface area contributed by atoms with Crippen LogP contribution < -0.4 is 24.7 Å². The highest BCUT2D eigenvalue weighted by molar-refractivity contribution is 6.22. The number of alkyl halides is 3. The van der Waals surface area contributed by atoms with E-state index in [0.717, 1.165) is 17.0 Å². The van der Waals surface area contributed by atoms with Gasteiger partial charge in [-0.3, -0.25) is 14.9 Å². The van der Waals surface area contributed by atoms with Crippen molar-refractivity contribution in [1.29, 1.82) is 0 Å². The van der Waals surface area contributed by atoms with E-state index in [1.807, 2.05) is 0 Å². The summed E-state index contributed by atoms with van der Waals surface area (Å²) in [4.78, 5) is 25.5. The van der Waals surface area contributed by atoms with E-state index in [0.29, 0.717) is 0 Å². The third-order valence-electron chi connectivity index (χ3n) is 3.86. The molecule has 3 rings (SSSR count). The molecule has 0 bridgehead atoms. The van der Waals surface area contributed by atoms with E-state index in [-0.39, 0.29) is 24.3 Å². The minimum atomic E-state index is -4.84. The second-order valence-electron chi connectivity index (χ2n) is 5.68. The van der Waals surface area contributed by atoms with E-state index in [1.54, 1.807) is 0 Å². The lowest BCUT2D eigenvalue weighted by Crippen LogP contribution is -2.42. The van der Waals surface area contributed by atoms with E-state index in [2.05, 4.69) is 19.8 Å². The smallest absolute Gasteiger partial charge is 0.539 e. The summed E-state index contributed by atoms with van der Waals surface area (Å²) >= 11 is 0. The molecule has 9 nitrogen and oxygen atoms in total. The molecule has 1 N–H and O–H groups in total. The molecule has 1 atom stereocenters. The Bertz CT molecular complexity index is 846. The summed E-state index contributed by atoms with van der Waals surface area (Å²) < 4.78 is 46.0. The van der Waals surface area contributed by atoms with Crippen molar-refractivity contribution < 1.29 is 41.8 Å². The molecule has 144 valence electrons. The molecule has 1 saturated heterocycles. The molecule has 1 fully saturated rings. The lowest BCUT2D eigenvalue weighted by atomic mass is 10.2. The lowest BCUT2D eigenvalue weighted by molar-refractivity contribution is -0.746. The monoisotopic (exact) mass is 386 g/mol. The molecule has 0 aliphatic carbocycles. The van der Waals surface area contributed by atoms with Gasteiger partial charge in [0.1, 0.15) is 5.75 Å². The number of hydrogen-bond donors (Lipinski definition) is 1.